The highest BCUT2D eigenvalue weighted by Crippen LogP contribution is 2.27. The van der Waals surface area contributed by atoms with Gasteiger partial charge in [0.25, 0.3) is 10.0 Å². The molecular formula is C17H17N5O4S2. The van der Waals surface area contributed by atoms with Crippen LogP contribution in [-0.4, -0.2) is 34.4 Å². The number of aromatic nitrogens is 3. The van der Waals surface area contributed by atoms with E-state index in [1.54, 1.807) is 32.0 Å². The van der Waals surface area contributed by atoms with E-state index in [1.807, 2.05) is 0 Å². The number of sulfonamides is 1. The van der Waals surface area contributed by atoms with Gasteiger partial charge in [-0.3, -0.25) is 4.79 Å². The smallest absolute Gasteiger partial charge is 0.308 e. The Morgan fingerprint density at radius 3 is 2.50 bits per heavy atom. The molecule has 146 valence electrons. The first kappa shape index (κ1) is 19.7. The number of nitrogens with zero attached hydrogens (tertiary/aromatic N) is 3. The molecule has 28 heavy (non-hydrogen) atoms. The van der Waals surface area contributed by atoms with Gasteiger partial charge in [0.2, 0.25) is 5.95 Å². The number of anilines is 3. The van der Waals surface area contributed by atoms with Crippen molar-refractivity contribution in [2.24, 2.45) is 0 Å². The van der Waals surface area contributed by atoms with Crippen LogP contribution in [0.15, 0.2) is 41.4 Å². The van der Waals surface area contributed by atoms with Crippen molar-refractivity contribution in [1.82, 2.24) is 15.0 Å². The third-order valence-corrected chi connectivity index (χ3v) is 6.06. The van der Waals surface area contributed by atoms with Gasteiger partial charge in [-0.15, -0.1) is 11.3 Å². The largest absolute Gasteiger partial charge is 0.481 e. The number of thiazole rings is 1. The number of benzene rings is 1. The molecule has 0 radical (unpaired) electrons. The lowest BCUT2D eigenvalue weighted by atomic mass is 10.3. The molecule has 9 nitrogen and oxygen atoms in total. The quantitative estimate of drug-likeness (QED) is 0.532. The summed E-state index contributed by atoms with van der Waals surface area (Å²) in [4.78, 5) is 23.8. The third kappa shape index (κ3) is 4.81. The van der Waals surface area contributed by atoms with E-state index in [0.29, 0.717) is 27.1 Å². The standard InChI is InChI=1S/C17H17N5O4S2/c1-10-7-8-18-16(19-10)22-28(25,26)13-5-3-12(4-6-13)21-17-20-11(2)14(27-17)9-15(23)24/h3-8H,9H2,1-2H3,(H,20,21)(H,23,24)(H,18,19,22). The molecule has 0 aliphatic rings. The molecule has 11 heteroatoms. The Balaban J connectivity index is 1.73. The zero-order valence-corrected chi connectivity index (χ0v) is 16.6. The van der Waals surface area contributed by atoms with Crippen molar-refractivity contribution in [3.63, 3.8) is 0 Å². The second kappa shape index (κ2) is 7.90. The van der Waals surface area contributed by atoms with E-state index in [9.17, 15) is 13.2 Å². The Morgan fingerprint density at radius 2 is 1.86 bits per heavy atom. The van der Waals surface area contributed by atoms with Crippen molar-refractivity contribution in [2.45, 2.75) is 25.2 Å². The van der Waals surface area contributed by atoms with E-state index >= 15 is 0 Å². The van der Waals surface area contributed by atoms with Crippen LogP contribution in [0, 0.1) is 13.8 Å². The zero-order chi connectivity index (χ0) is 20.3. The summed E-state index contributed by atoms with van der Waals surface area (Å²) in [6, 6.07) is 7.75. The van der Waals surface area contributed by atoms with Crippen LogP contribution >= 0.6 is 11.3 Å². The molecule has 0 aliphatic carbocycles. The molecule has 3 aromatic rings. The predicted molar refractivity (Wildman–Crippen MR) is 105 cm³/mol. The Morgan fingerprint density at radius 1 is 1.14 bits per heavy atom. The fourth-order valence-corrected chi connectivity index (χ4v) is 4.23. The second-order valence-corrected chi connectivity index (χ2v) is 8.64. The van der Waals surface area contributed by atoms with E-state index in [0.717, 1.165) is 0 Å². The first-order valence-electron chi connectivity index (χ1n) is 8.10. The average Bonchev–Trinajstić information content (AvgIpc) is 2.93. The number of aliphatic carboxylic acids is 1. The van der Waals surface area contributed by atoms with Crippen LogP contribution in [0.25, 0.3) is 0 Å². The monoisotopic (exact) mass is 419 g/mol. The number of carbonyl (C=O) groups is 1. The molecule has 3 rings (SSSR count). The molecule has 0 saturated heterocycles. The highest BCUT2D eigenvalue weighted by molar-refractivity contribution is 7.92. The molecule has 1 aromatic carbocycles. The van der Waals surface area contributed by atoms with Gasteiger partial charge in [-0.25, -0.2) is 28.1 Å². The van der Waals surface area contributed by atoms with Crippen LogP contribution in [0.5, 0.6) is 0 Å². The van der Waals surface area contributed by atoms with Crippen molar-refractivity contribution in [3.8, 4) is 0 Å². The SMILES string of the molecule is Cc1ccnc(NS(=O)(=O)c2ccc(Nc3nc(C)c(CC(=O)O)s3)cc2)n1. The number of aryl methyl sites for hydroxylation is 2. The Hall–Kier alpha value is -3.05. The molecule has 0 atom stereocenters. The Bertz CT molecular complexity index is 1110. The van der Waals surface area contributed by atoms with Crippen LogP contribution in [-0.2, 0) is 21.2 Å². The van der Waals surface area contributed by atoms with E-state index in [-0.39, 0.29) is 17.3 Å². The van der Waals surface area contributed by atoms with Gasteiger partial charge in [0.1, 0.15) is 0 Å². The van der Waals surface area contributed by atoms with Gasteiger partial charge in [-0.05, 0) is 44.2 Å². The maximum atomic E-state index is 12.5. The third-order valence-electron chi connectivity index (χ3n) is 3.64. The molecule has 0 spiro atoms. The molecule has 3 N–H and O–H groups in total. The molecular weight excluding hydrogens is 402 g/mol. The average molecular weight is 419 g/mol. The normalized spacial score (nSPS) is 11.2. The van der Waals surface area contributed by atoms with Gasteiger partial charge >= 0.3 is 5.97 Å². The first-order chi connectivity index (χ1) is 13.2. The van der Waals surface area contributed by atoms with Crippen molar-refractivity contribution >= 4 is 44.1 Å². The number of hydrogen-bond acceptors (Lipinski definition) is 8. The number of carboxylic acid groups (broad SMARTS) is 1. The van der Waals surface area contributed by atoms with Crippen LogP contribution < -0.4 is 10.0 Å². The maximum absolute atomic E-state index is 12.5. The maximum Gasteiger partial charge on any atom is 0.308 e. The number of rotatable bonds is 7. The minimum Gasteiger partial charge on any atom is -0.481 e. The van der Waals surface area contributed by atoms with Crippen LogP contribution in [0.3, 0.4) is 0 Å². The summed E-state index contributed by atoms with van der Waals surface area (Å²) < 4.78 is 27.2. The number of carboxylic acids is 1. The minimum absolute atomic E-state index is 0.00595. The van der Waals surface area contributed by atoms with Gasteiger partial charge in [0, 0.05) is 22.5 Å². The zero-order valence-electron chi connectivity index (χ0n) is 15.0. The summed E-state index contributed by atoms with van der Waals surface area (Å²) >= 11 is 1.25. The van der Waals surface area contributed by atoms with E-state index < -0.39 is 16.0 Å². The lowest BCUT2D eigenvalue weighted by Crippen LogP contribution is -2.15. The number of nitrogens with one attached hydrogen (secondary N) is 2. The van der Waals surface area contributed by atoms with Crippen molar-refractivity contribution in [2.75, 3.05) is 10.0 Å². The van der Waals surface area contributed by atoms with E-state index in [4.69, 9.17) is 5.11 Å². The molecule has 0 fully saturated rings. The van der Waals surface area contributed by atoms with Gasteiger partial charge in [0.05, 0.1) is 17.0 Å². The van der Waals surface area contributed by atoms with Gasteiger partial charge in [-0.2, -0.15) is 0 Å². The molecule has 0 unspecified atom stereocenters. The van der Waals surface area contributed by atoms with E-state index in [2.05, 4.69) is 25.0 Å². The Kier molecular flexibility index (Phi) is 5.56. The van der Waals surface area contributed by atoms with Crippen molar-refractivity contribution in [1.29, 1.82) is 0 Å². The van der Waals surface area contributed by atoms with Gasteiger partial charge < -0.3 is 10.4 Å². The summed E-state index contributed by atoms with van der Waals surface area (Å²) in [5, 5.41) is 12.5. The second-order valence-electron chi connectivity index (χ2n) is 5.87. The molecule has 2 heterocycles. The topological polar surface area (TPSA) is 134 Å². The molecule has 0 bridgehead atoms. The van der Waals surface area contributed by atoms with E-state index in [1.165, 1.54) is 29.7 Å². The summed E-state index contributed by atoms with van der Waals surface area (Å²) in [6.07, 6.45) is 1.39. The Labute approximate surface area is 165 Å². The van der Waals surface area contributed by atoms with Crippen LogP contribution in [0.1, 0.15) is 16.3 Å². The van der Waals surface area contributed by atoms with Crippen molar-refractivity contribution in [3.05, 3.63) is 52.8 Å². The first-order valence-corrected chi connectivity index (χ1v) is 10.4. The van der Waals surface area contributed by atoms with Crippen molar-refractivity contribution < 1.29 is 18.3 Å². The van der Waals surface area contributed by atoms with Gasteiger partial charge in [-0.1, -0.05) is 0 Å². The summed E-state index contributed by atoms with van der Waals surface area (Å²) in [5.74, 6) is -0.913. The molecule has 2 aromatic heterocycles. The summed E-state index contributed by atoms with van der Waals surface area (Å²) in [5.41, 5.74) is 1.92. The van der Waals surface area contributed by atoms with Crippen LogP contribution in [0.4, 0.5) is 16.8 Å². The fraction of sp³-hybridized carbons (Fsp3) is 0.176. The summed E-state index contributed by atoms with van der Waals surface area (Å²) in [6.45, 7) is 3.48. The minimum atomic E-state index is -3.82. The lowest BCUT2D eigenvalue weighted by molar-refractivity contribution is -0.136. The molecule has 0 amide bonds. The van der Waals surface area contributed by atoms with Gasteiger partial charge in [0.15, 0.2) is 5.13 Å². The predicted octanol–water partition coefficient (Wildman–Crippen LogP) is 2.72. The summed E-state index contributed by atoms with van der Waals surface area (Å²) in [7, 11) is -3.82. The fourth-order valence-electron chi connectivity index (χ4n) is 2.30. The highest BCUT2D eigenvalue weighted by Gasteiger charge is 2.16. The highest BCUT2D eigenvalue weighted by atomic mass is 32.2. The molecule has 0 saturated carbocycles. The lowest BCUT2D eigenvalue weighted by Gasteiger charge is -2.08. The van der Waals surface area contributed by atoms with Crippen LogP contribution in [0.2, 0.25) is 0 Å². The molecule has 0 aliphatic heterocycles. The number of hydrogen-bond donors (Lipinski definition) is 3.